The monoisotopic (exact) mass is 373 g/mol. The van der Waals surface area contributed by atoms with E-state index in [1.807, 2.05) is 0 Å². The highest BCUT2D eigenvalue weighted by atomic mass is 16.5. The third-order valence-corrected chi connectivity index (χ3v) is 3.70. The number of esters is 1. The summed E-state index contributed by atoms with van der Waals surface area (Å²) in [4.78, 5) is 48.9. The maximum absolute atomic E-state index is 12.3. The van der Waals surface area contributed by atoms with E-state index < -0.39 is 30.5 Å². The Kier molecular flexibility index (Phi) is 6.32. The smallest absolute Gasteiger partial charge is 0.413 e. The highest BCUT2D eigenvalue weighted by Crippen LogP contribution is 2.20. The van der Waals surface area contributed by atoms with Gasteiger partial charge in [0.25, 0.3) is 11.8 Å². The van der Waals surface area contributed by atoms with Crippen LogP contribution in [0.1, 0.15) is 20.8 Å². The van der Waals surface area contributed by atoms with Crippen molar-refractivity contribution < 1.29 is 28.7 Å². The van der Waals surface area contributed by atoms with E-state index in [9.17, 15) is 19.2 Å². The first-order chi connectivity index (χ1) is 12.8. The Hall–Kier alpha value is -3.62. The van der Waals surface area contributed by atoms with E-state index in [2.05, 4.69) is 10.1 Å². The predicted molar refractivity (Wildman–Crippen MR) is 95.4 cm³/mol. The molecule has 3 amide bonds. The van der Waals surface area contributed by atoms with Crippen molar-refractivity contribution in [1.82, 2.24) is 9.88 Å². The Labute approximate surface area is 155 Å². The summed E-state index contributed by atoms with van der Waals surface area (Å²) in [5, 5.41) is 2.13. The number of ether oxygens (including phenoxy) is 2. The minimum atomic E-state index is -0.817. The molecule has 0 aliphatic heterocycles. The van der Waals surface area contributed by atoms with Gasteiger partial charge >= 0.3 is 12.1 Å². The normalized spacial score (nSPS) is 10.0. The largest absolute Gasteiger partial charge is 0.452 e. The minimum Gasteiger partial charge on any atom is -0.452 e. The van der Waals surface area contributed by atoms with Crippen LogP contribution in [0.2, 0.25) is 0 Å². The molecular weight excluding hydrogens is 354 g/mol. The molecule has 0 fully saturated rings. The number of hydrogen-bond acceptors (Lipinski definition) is 6. The van der Waals surface area contributed by atoms with E-state index in [1.54, 1.807) is 42.1 Å². The molecule has 2 rings (SSSR count). The molecule has 2 aromatic rings. The number of para-hydroxylation sites is 1. The van der Waals surface area contributed by atoms with Gasteiger partial charge in [-0.05, 0) is 24.3 Å². The second-order valence-electron chi connectivity index (χ2n) is 5.50. The summed E-state index contributed by atoms with van der Waals surface area (Å²) in [6.45, 7) is -0.648. The van der Waals surface area contributed by atoms with Crippen molar-refractivity contribution in [3.63, 3.8) is 0 Å². The van der Waals surface area contributed by atoms with Gasteiger partial charge in [-0.1, -0.05) is 12.1 Å². The van der Waals surface area contributed by atoms with Crippen LogP contribution in [0.4, 0.5) is 10.5 Å². The van der Waals surface area contributed by atoms with Crippen LogP contribution in [-0.4, -0.2) is 49.2 Å². The number of aromatic nitrogens is 1. The van der Waals surface area contributed by atoms with Crippen LogP contribution in [0.15, 0.2) is 42.6 Å². The zero-order chi connectivity index (χ0) is 20.0. The van der Waals surface area contributed by atoms with E-state index in [0.29, 0.717) is 5.69 Å². The first-order valence-electron chi connectivity index (χ1n) is 7.88. The summed E-state index contributed by atoms with van der Waals surface area (Å²) in [5.74, 6) is -2.19. The third-order valence-electron chi connectivity index (χ3n) is 3.70. The molecule has 9 heteroatoms. The highest BCUT2D eigenvalue weighted by Gasteiger charge is 2.21. The van der Waals surface area contributed by atoms with Crippen LogP contribution < -0.4 is 10.2 Å². The number of rotatable bonds is 5. The number of aryl methyl sites for hydroxylation is 1. The number of benzene rings is 1. The van der Waals surface area contributed by atoms with Crippen LogP contribution in [0.25, 0.3) is 0 Å². The molecule has 0 spiro atoms. The Morgan fingerprint density at radius 1 is 1.11 bits per heavy atom. The average Bonchev–Trinajstić information content (AvgIpc) is 3.10. The fourth-order valence-electron chi connectivity index (χ4n) is 2.31. The number of hydrogen-bond donors (Lipinski definition) is 1. The summed E-state index contributed by atoms with van der Waals surface area (Å²) >= 11 is 0. The van der Waals surface area contributed by atoms with Crippen molar-refractivity contribution >= 4 is 29.6 Å². The Morgan fingerprint density at radius 2 is 1.81 bits per heavy atom. The number of carbonyl (C=O) groups excluding carboxylic acids is 4. The van der Waals surface area contributed by atoms with E-state index in [-0.39, 0.29) is 11.3 Å². The predicted octanol–water partition coefficient (Wildman–Crippen LogP) is 1.34. The molecule has 0 bridgehead atoms. The quantitative estimate of drug-likeness (QED) is 0.793. The number of imide groups is 1. The molecule has 0 saturated carbocycles. The molecule has 27 heavy (non-hydrogen) atoms. The maximum Gasteiger partial charge on any atom is 0.413 e. The Morgan fingerprint density at radius 3 is 2.44 bits per heavy atom. The molecule has 0 unspecified atom stereocenters. The first kappa shape index (κ1) is 19.7. The molecule has 0 aliphatic carbocycles. The summed E-state index contributed by atoms with van der Waals surface area (Å²) in [6.07, 6.45) is 0.995. The molecule has 0 atom stereocenters. The van der Waals surface area contributed by atoms with Gasteiger partial charge in [0.05, 0.1) is 18.4 Å². The van der Waals surface area contributed by atoms with E-state index in [0.717, 1.165) is 4.90 Å². The fraction of sp³-hybridized carbons (Fsp3) is 0.222. The molecule has 1 aromatic carbocycles. The molecule has 142 valence electrons. The van der Waals surface area contributed by atoms with Crippen molar-refractivity contribution in [1.29, 1.82) is 0 Å². The molecule has 0 saturated heterocycles. The Bertz CT molecular complexity index is 873. The average molecular weight is 373 g/mol. The number of amides is 3. The van der Waals surface area contributed by atoms with E-state index in [1.165, 1.54) is 26.3 Å². The van der Waals surface area contributed by atoms with Gasteiger partial charge in [0.15, 0.2) is 6.61 Å². The SMILES string of the molecule is COC(=O)N(C)c1ccccc1C(=O)OCC(=O)NC(=O)c1cccn1C. The standard InChI is InChI=1S/C18H19N3O6/c1-20-10-6-9-14(20)16(23)19-15(22)11-27-17(24)12-7-4-5-8-13(12)21(2)18(25)26-3/h4-10H,11H2,1-3H3,(H,19,22,23). The summed E-state index contributed by atoms with van der Waals surface area (Å²) in [5.41, 5.74) is 0.626. The van der Waals surface area contributed by atoms with Crippen LogP contribution in [0.3, 0.4) is 0 Å². The number of nitrogens with one attached hydrogen (secondary N) is 1. The maximum atomic E-state index is 12.3. The number of nitrogens with zero attached hydrogens (tertiary/aromatic N) is 2. The zero-order valence-electron chi connectivity index (χ0n) is 15.1. The lowest BCUT2D eigenvalue weighted by atomic mass is 10.1. The molecule has 9 nitrogen and oxygen atoms in total. The van der Waals surface area contributed by atoms with Crippen molar-refractivity contribution in [2.45, 2.75) is 0 Å². The minimum absolute atomic E-state index is 0.0759. The zero-order valence-corrected chi connectivity index (χ0v) is 15.1. The van der Waals surface area contributed by atoms with E-state index >= 15 is 0 Å². The van der Waals surface area contributed by atoms with Gasteiger partial charge in [-0.3, -0.25) is 19.8 Å². The first-order valence-corrected chi connectivity index (χ1v) is 7.88. The summed E-state index contributed by atoms with van der Waals surface area (Å²) in [6, 6.07) is 9.42. The molecule has 1 aromatic heterocycles. The van der Waals surface area contributed by atoms with Crippen LogP contribution in [0, 0.1) is 0 Å². The Balaban J connectivity index is 2.00. The van der Waals surface area contributed by atoms with Crippen LogP contribution in [-0.2, 0) is 21.3 Å². The van der Waals surface area contributed by atoms with Gasteiger partial charge in [-0.2, -0.15) is 0 Å². The van der Waals surface area contributed by atoms with Crippen LogP contribution in [0.5, 0.6) is 0 Å². The van der Waals surface area contributed by atoms with Gasteiger partial charge < -0.3 is 14.0 Å². The van der Waals surface area contributed by atoms with Crippen molar-refractivity contribution in [3.8, 4) is 0 Å². The van der Waals surface area contributed by atoms with Crippen molar-refractivity contribution in [3.05, 3.63) is 53.9 Å². The number of anilines is 1. The van der Waals surface area contributed by atoms with Gasteiger partial charge in [0, 0.05) is 20.3 Å². The fourth-order valence-corrected chi connectivity index (χ4v) is 2.31. The van der Waals surface area contributed by atoms with Gasteiger partial charge in [-0.25, -0.2) is 9.59 Å². The lowest BCUT2D eigenvalue weighted by molar-refractivity contribution is -0.123. The van der Waals surface area contributed by atoms with Gasteiger partial charge in [0.2, 0.25) is 0 Å². The lowest BCUT2D eigenvalue weighted by Gasteiger charge is -2.18. The van der Waals surface area contributed by atoms with Crippen LogP contribution >= 0.6 is 0 Å². The molecule has 0 aliphatic rings. The molecule has 0 radical (unpaired) electrons. The number of methoxy groups -OCH3 is 1. The summed E-state index contributed by atoms with van der Waals surface area (Å²) < 4.78 is 11.1. The van der Waals surface area contributed by atoms with Crippen molar-refractivity contribution in [2.75, 3.05) is 25.7 Å². The van der Waals surface area contributed by atoms with Crippen molar-refractivity contribution in [2.24, 2.45) is 7.05 Å². The number of carbonyl (C=O) groups is 4. The second kappa shape index (κ2) is 8.65. The summed E-state index contributed by atoms with van der Waals surface area (Å²) in [7, 11) is 4.31. The molecule has 1 heterocycles. The topological polar surface area (TPSA) is 107 Å². The van der Waals surface area contributed by atoms with E-state index in [4.69, 9.17) is 4.74 Å². The van der Waals surface area contributed by atoms with Gasteiger partial charge in [-0.15, -0.1) is 0 Å². The van der Waals surface area contributed by atoms with Gasteiger partial charge in [0.1, 0.15) is 5.69 Å². The molecule has 1 N–H and O–H groups in total. The highest BCUT2D eigenvalue weighted by molar-refractivity contribution is 6.05. The third kappa shape index (κ3) is 4.72. The second-order valence-corrected chi connectivity index (χ2v) is 5.50. The molecular formula is C18H19N3O6. The lowest BCUT2D eigenvalue weighted by Crippen LogP contribution is -2.35.